The Morgan fingerprint density at radius 2 is 2.12 bits per heavy atom. The quantitative estimate of drug-likeness (QED) is 0.868. The third kappa shape index (κ3) is 3.25. The summed E-state index contributed by atoms with van der Waals surface area (Å²) in [5, 5.41) is 10.9. The van der Waals surface area contributed by atoms with E-state index >= 15 is 0 Å². The van der Waals surface area contributed by atoms with Crippen molar-refractivity contribution in [1.29, 1.82) is 0 Å². The molecule has 0 bridgehead atoms. The zero-order valence-electron chi connectivity index (χ0n) is 15.1. The van der Waals surface area contributed by atoms with Gasteiger partial charge in [-0.1, -0.05) is 13.8 Å². The normalized spacial score (nSPS) is 18.1. The van der Waals surface area contributed by atoms with E-state index < -0.39 is 0 Å². The average Bonchev–Trinajstić information content (AvgIpc) is 3.22. The second-order valence-corrected chi connectivity index (χ2v) is 6.63. The topological polar surface area (TPSA) is 99.7 Å². The molecule has 2 aromatic rings. The number of hydrogen-bond acceptors (Lipinski definition) is 4. The lowest BCUT2D eigenvalue weighted by Crippen LogP contribution is -2.39. The number of H-pyrrole nitrogens is 2. The number of piperidine rings is 1. The van der Waals surface area contributed by atoms with Crippen LogP contribution >= 0.6 is 0 Å². The highest BCUT2D eigenvalue weighted by molar-refractivity contribution is 5.95. The van der Waals surface area contributed by atoms with Crippen LogP contribution in [0, 0.1) is 6.92 Å². The largest absolute Gasteiger partial charge is 0.340 e. The van der Waals surface area contributed by atoms with Gasteiger partial charge in [0.2, 0.25) is 0 Å². The summed E-state index contributed by atoms with van der Waals surface area (Å²) in [5.74, 6) is 0.492. The Labute approximate surface area is 146 Å². The number of aromatic nitrogens is 5. The van der Waals surface area contributed by atoms with E-state index in [1.165, 1.54) is 0 Å². The molecule has 1 amide bonds. The van der Waals surface area contributed by atoms with Gasteiger partial charge in [0.05, 0.1) is 23.8 Å². The highest BCUT2D eigenvalue weighted by Gasteiger charge is 2.32. The first-order chi connectivity index (χ1) is 12.1. The monoisotopic (exact) mass is 346 g/mol. The summed E-state index contributed by atoms with van der Waals surface area (Å²) in [6.07, 6.45) is 6.40. The predicted molar refractivity (Wildman–Crippen MR) is 93.4 cm³/mol. The van der Waals surface area contributed by atoms with Crippen molar-refractivity contribution >= 4 is 5.91 Å². The minimum Gasteiger partial charge on any atom is -0.328 e. The first-order valence-corrected chi connectivity index (χ1v) is 9.06. The zero-order chi connectivity index (χ0) is 18.0. The van der Waals surface area contributed by atoms with Crippen molar-refractivity contribution in [2.75, 3.05) is 6.54 Å². The Bertz CT molecular complexity index is 785. The van der Waals surface area contributed by atoms with Crippen LogP contribution in [0.3, 0.4) is 0 Å². The molecule has 8 nitrogen and oxygen atoms in total. The summed E-state index contributed by atoms with van der Waals surface area (Å²) in [4.78, 5) is 29.1. The first kappa shape index (κ1) is 17.4. The van der Waals surface area contributed by atoms with Gasteiger partial charge in [0.15, 0.2) is 5.82 Å². The van der Waals surface area contributed by atoms with Crippen LogP contribution in [0.5, 0.6) is 0 Å². The van der Waals surface area contributed by atoms with E-state index in [4.69, 9.17) is 0 Å². The number of likely N-dealkylation sites (tertiary alicyclic amines) is 1. The van der Waals surface area contributed by atoms with Crippen molar-refractivity contribution in [1.82, 2.24) is 29.9 Å². The molecule has 1 atom stereocenters. The third-order valence-corrected chi connectivity index (χ3v) is 5.16. The minimum absolute atomic E-state index is 0.0387. The number of carbonyl (C=O) groups excluding carboxylic acids is 1. The standard InChI is InChI=1S/C17H26N6O2/c1-4-12(5-2)23-11(3)13(10-18-23)16(24)22-9-7-6-8-14(22)15-19-17(25)21-20-15/h10,12,14H,4-9H2,1-3H3,(H2,19,20,21,25)/t14-/m0/s1. The van der Waals surface area contributed by atoms with Gasteiger partial charge in [-0.3, -0.25) is 14.5 Å². The molecule has 0 spiro atoms. The van der Waals surface area contributed by atoms with Crippen LogP contribution < -0.4 is 5.69 Å². The Morgan fingerprint density at radius 3 is 2.76 bits per heavy atom. The smallest absolute Gasteiger partial charge is 0.328 e. The van der Waals surface area contributed by atoms with Crippen molar-refractivity contribution in [2.24, 2.45) is 0 Å². The van der Waals surface area contributed by atoms with E-state index in [1.807, 2.05) is 16.5 Å². The van der Waals surface area contributed by atoms with Crippen LogP contribution in [0.2, 0.25) is 0 Å². The summed E-state index contributed by atoms with van der Waals surface area (Å²) in [5.41, 5.74) is 1.20. The molecule has 3 rings (SSSR count). The van der Waals surface area contributed by atoms with Crippen LogP contribution in [0.15, 0.2) is 11.0 Å². The molecule has 8 heteroatoms. The highest BCUT2D eigenvalue weighted by Crippen LogP contribution is 2.30. The summed E-state index contributed by atoms with van der Waals surface area (Å²) < 4.78 is 1.96. The predicted octanol–water partition coefficient (Wildman–Crippen LogP) is 2.33. The fourth-order valence-corrected chi connectivity index (χ4v) is 3.69. The molecule has 3 heterocycles. The van der Waals surface area contributed by atoms with Gasteiger partial charge in [0.25, 0.3) is 5.91 Å². The molecule has 136 valence electrons. The Morgan fingerprint density at radius 1 is 1.36 bits per heavy atom. The van der Waals surface area contributed by atoms with E-state index in [9.17, 15) is 9.59 Å². The van der Waals surface area contributed by atoms with Gasteiger partial charge < -0.3 is 4.90 Å². The molecule has 2 aromatic heterocycles. The zero-order valence-corrected chi connectivity index (χ0v) is 15.1. The number of hydrogen-bond donors (Lipinski definition) is 2. The van der Waals surface area contributed by atoms with Gasteiger partial charge in [-0.2, -0.15) is 10.2 Å². The molecule has 0 radical (unpaired) electrons. The van der Waals surface area contributed by atoms with Crippen molar-refractivity contribution in [2.45, 2.75) is 65.0 Å². The average molecular weight is 346 g/mol. The lowest BCUT2D eigenvalue weighted by molar-refractivity contribution is 0.0599. The van der Waals surface area contributed by atoms with Crippen LogP contribution in [-0.4, -0.2) is 42.3 Å². The first-order valence-electron chi connectivity index (χ1n) is 9.06. The van der Waals surface area contributed by atoms with Crippen LogP contribution in [-0.2, 0) is 0 Å². The maximum absolute atomic E-state index is 13.2. The Hall–Kier alpha value is -2.38. The molecule has 2 N–H and O–H groups in total. The second kappa shape index (κ2) is 7.25. The van der Waals surface area contributed by atoms with E-state index in [-0.39, 0.29) is 17.6 Å². The molecule has 1 fully saturated rings. The van der Waals surface area contributed by atoms with Crippen molar-refractivity contribution in [3.05, 3.63) is 33.8 Å². The fraction of sp³-hybridized carbons (Fsp3) is 0.647. The van der Waals surface area contributed by atoms with Crippen LogP contribution in [0.4, 0.5) is 0 Å². The summed E-state index contributed by atoms with van der Waals surface area (Å²) >= 11 is 0. The molecule has 0 unspecified atom stereocenters. The molecule has 1 aliphatic heterocycles. The van der Waals surface area contributed by atoms with E-state index in [2.05, 4.69) is 34.1 Å². The lowest BCUT2D eigenvalue weighted by Gasteiger charge is -2.34. The van der Waals surface area contributed by atoms with Gasteiger partial charge in [0, 0.05) is 12.2 Å². The molecule has 0 saturated carbocycles. The maximum atomic E-state index is 13.2. The number of carbonyl (C=O) groups is 1. The van der Waals surface area contributed by atoms with Gasteiger partial charge >= 0.3 is 5.69 Å². The molecule has 1 aliphatic rings. The van der Waals surface area contributed by atoms with Crippen molar-refractivity contribution < 1.29 is 4.79 Å². The SMILES string of the molecule is CCC(CC)n1ncc(C(=O)N2CCCC[C@H]2c2n[nH]c(=O)[nH]2)c1C. The van der Waals surface area contributed by atoms with Gasteiger partial charge in [-0.25, -0.2) is 9.89 Å². The molecular formula is C17H26N6O2. The highest BCUT2D eigenvalue weighted by atomic mass is 16.2. The van der Waals surface area contributed by atoms with Gasteiger partial charge in [0.1, 0.15) is 0 Å². The van der Waals surface area contributed by atoms with E-state index in [0.29, 0.717) is 24.0 Å². The van der Waals surface area contributed by atoms with E-state index in [0.717, 1.165) is 37.8 Å². The van der Waals surface area contributed by atoms with Crippen molar-refractivity contribution in [3.8, 4) is 0 Å². The van der Waals surface area contributed by atoms with Crippen molar-refractivity contribution in [3.63, 3.8) is 0 Å². The lowest BCUT2D eigenvalue weighted by atomic mass is 10.0. The van der Waals surface area contributed by atoms with Gasteiger partial charge in [-0.05, 0) is 39.0 Å². The molecular weight excluding hydrogens is 320 g/mol. The Kier molecular flexibility index (Phi) is 5.06. The molecule has 0 aliphatic carbocycles. The minimum atomic E-state index is -0.342. The van der Waals surface area contributed by atoms with Gasteiger partial charge in [-0.15, -0.1) is 0 Å². The Balaban J connectivity index is 1.89. The van der Waals surface area contributed by atoms with E-state index in [1.54, 1.807) is 6.20 Å². The van der Waals surface area contributed by atoms with Crippen LogP contribution in [0.1, 0.15) is 79.9 Å². The number of nitrogens with one attached hydrogen (secondary N) is 2. The molecule has 0 aromatic carbocycles. The number of nitrogens with zero attached hydrogens (tertiary/aromatic N) is 4. The number of aromatic amines is 2. The fourth-order valence-electron chi connectivity index (χ4n) is 3.69. The maximum Gasteiger partial charge on any atom is 0.340 e. The van der Waals surface area contributed by atoms with Crippen LogP contribution in [0.25, 0.3) is 0 Å². The number of amides is 1. The number of rotatable bonds is 5. The second-order valence-electron chi connectivity index (χ2n) is 6.63. The summed E-state index contributed by atoms with van der Waals surface area (Å²) in [7, 11) is 0. The third-order valence-electron chi connectivity index (χ3n) is 5.16. The summed E-state index contributed by atoms with van der Waals surface area (Å²) in [6.45, 7) is 6.87. The molecule has 25 heavy (non-hydrogen) atoms. The summed E-state index contributed by atoms with van der Waals surface area (Å²) in [6, 6.07) is 0.109. The molecule has 1 saturated heterocycles.